The third-order valence-corrected chi connectivity index (χ3v) is 3.21. The summed E-state index contributed by atoms with van der Waals surface area (Å²) in [6.45, 7) is 2.10. The third-order valence-electron chi connectivity index (χ3n) is 3.21. The minimum absolute atomic E-state index is 0.164. The van der Waals surface area contributed by atoms with E-state index in [1.54, 1.807) is 0 Å². The van der Waals surface area contributed by atoms with E-state index in [4.69, 9.17) is 4.74 Å². The van der Waals surface area contributed by atoms with Crippen molar-refractivity contribution in [2.75, 3.05) is 12.4 Å². The van der Waals surface area contributed by atoms with Gasteiger partial charge in [0.25, 0.3) is 5.91 Å². The van der Waals surface area contributed by atoms with Gasteiger partial charge < -0.3 is 10.1 Å². The van der Waals surface area contributed by atoms with E-state index in [-0.39, 0.29) is 5.91 Å². The van der Waals surface area contributed by atoms with Gasteiger partial charge in [0.2, 0.25) is 0 Å². The SMILES string of the molecule is CCc1ccc(NC(=O)[C@H](OC)c2ccccc2)cc1. The maximum Gasteiger partial charge on any atom is 0.258 e. The molecule has 3 nitrogen and oxygen atoms in total. The summed E-state index contributed by atoms with van der Waals surface area (Å²) in [6.07, 6.45) is 0.390. The van der Waals surface area contributed by atoms with E-state index >= 15 is 0 Å². The molecular weight excluding hydrogens is 250 g/mol. The molecule has 1 atom stereocenters. The molecule has 0 aromatic heterocycles. The molecule has 0 aliphatic heterocycles. The minimum atomic E-state index is -0.595. The average molecular weight is 269 g/mol. The summed E-state index contributed by atoms with van der Waals surface area (Å²) in [4.78, 5) is 12.3. The van der Waals surface area contributed by atoms with Crippen molar-refractivity contribution >= 4 is 11.6 Å². The van der Waals surface area contributed by atoms with Crippen LogP contribution >= 0.6 is 0 Å². The lowest BCUT2D eigenvalue weighted by atomic mass is 10.1. The number of carbonyl (C=O) groups is 1. The smallest absolute Gasteiger partial charge is 0.258 e. The number of hydrogen-bond acceptors (Lipinski definition) is 2. The molecule has 1 N–H and O–H groups in total. The molecule has 20 heavy (non-hydrogen) atoms. The van der Waals surface area contributed by atoms with E-state index < -0.39 is 6.10 Å². The predicted octanol–water partition coefficient (Wildman–Crippen LogP) is 3.58. The van der Waals surface area contributed by atoms with E-state index in [0.717, 1.165) is 17.7 Å². The van der Waals surface area contributed by atoms with Crippen LogP contribution in [0.5, 0.6) is 0 Å². The molecule has 0 saturated carbocycles. The Labute approximate surface area is 119 Å². The highest BCUT2D eigenvalue weighted by Gasteiger charge is 2.19. The average Bonchev–Trinajstić information content (AvgIpc) is 2.50. The van der Waals surface area contributed by atoms with Gasteiger partial charge in [-0.1, -0.05) is 49.4 Å². The maximum absolute atomic E-state index is 12.3. The predicted molar refractivity (Wildman–Crippen MR) is 80.6 cm³/mol. The van der Waals surface area contributed by atoms with Crippen LogP contribution in [-0.4, -0.2) is 13.0 Å². The third kappa shape index (κ3) is 3.45. The highest BCUT2D eigenvalue weighted by atomic mass is 16.5. The summed E-state index contributed by atoms with van der Waals surface area (Å²) in [5.74, 6) is -0.164. The van der Waals surface area contributed by atoms with Crippen LogP contribution in [0.25, 0.3) is 0 Å². The summed E-state index contributed by atoms with van der Waals surface area (Å²) >= 11 is 0. The molecule has 0 radical (unpaired) electrons. The van der Waals surface area contributed by atoms with Crippen molar-refractivity contribution in [3.05, 3.63) is 65.7 Å². The molecule has 0 spiro atoms. The van der Waals surface area contributed by atoms with Gasteiger partial charge in [-0.25, -0.2) is 0 Å². The molecular formula is C17H19NO2. The van der Waals surface area contributed by atoms with Gasteiger partial charge in [0.15, 0.2) is 6.10 Å². The Balaban J connectivity index is 2.09. The van der Waals surface area contributed by atoms with Crippen LogP contribution in [0.2, 0.25) is 0 Å². The largest absolute Gasteiger partial charge is 0.367 e. The molecule has 0 unspecified atom stereocenters. The van der Waals surface area contributed by atoms with Crippen molar-refractivity contribution in [2.45, 2.75) is 19.4 Å². The fourth-order valence-electron chi connectivity index (χ4n) is 2.05. The molecule has 2 aromatic carbocycles. The Hall–Kier alpha value is -2.13. The minimum Gasteiger partial charge on any atom is -0.367 e. The van der Waals surface area contributed by atoms with Gasteiger partial charge in [-0.05, 0) is 29.7 Å². The van der Waals surface area contributed by atoms with Gasteiger partial charge in [0.05, 0.1) is 0 Å². The molecule has 0 aliphatic carbocycles. The highest BCUT2D eigenvalue weighted by Crippen LogP contribution is 2.19. The first-order chi connectivity index (χ1) is 9.74. The fourth-order valence-corrected chi connectivity index (χ4v) is 2.05. The molecule has 1 amide bonds. The standard InChI is InChI=1S/C17H19NO2/c1-3-13-9-11-15(12-10-13)18-17(19)16(20-2)14-7-5-4-6-8-14/h4-12,16H,3H2,1-2H3,(H,18,19)/t16-/m1/s1. The van der Waals surface area contributed by atoms with E-state index in [2.05, 4.69) is 12.2 Å². The molecule has 0 saturated heterocycles. The number of ether oxygens (including phenoxy) is 1. The summed E-state index contributed by atoms with van der Waals surface area (Å²) in [7, 11) is 1.54. The van der Waals surface area contributed by atoms with Gasteiger partial charge in [0.1, 0.15) is 0 Å². The molecule has 0 heterocycles. The Bertz CT molecular complexity index is 549. The van der Waals surface area contributed by atoms with Gasteiger partial charge in [-0.2, -0.15) is 0 Å². The first kappa shape index (κ1) is 14.3. The first-order valence-electron chi connectivity index (χ1n) is 6.72. The molecule has 3 heteroatoms. The lowest BCUT2D eigenvalue weighted by Gasteiger charge is -2.15. The molecule has 104 valence electrons. The zero-order valence-corrected chi connectivity index (χ0v) is 11.8. The molecule has 0 bridgehead atoms. The Morgan fingerprint density at radius 1 is 1.10 bits per heavy atom. The van der Waals surface area contributed by atoms with Crippen LogP contribution in [0, 0.1) is 0 Å². The zero-order valence-electron chi connectivity index (χ0n) is 11.8. The topological polar surface area (TPSA) is 38.3 Å². The molecule has 2 aromatic rings. The number of nitrogens with one attached hydrogen (secondary N) is 1. The number of amides is 1. The van der Waals surface area contributed by atoms with Gasteiger partial charge in [-0.3, -0.25) is 4.79 Å². The molecule has 0 aliphatic rings. The van der Waals surface area contributed by atoms with Gasteiger partial charge in [-0.15, -0.1) is 0 Å². The van der Waals surface area contributed by atoms with Gasteiger partial charge >= 0.3 is 0 Å². The van der Waals surface area contributed by atoms with Crippen molar-refractivity contribution in [2.24, 2.45) is 0 Å². The first-order valence-corrected chi connectivity index (χ1v) is 6.72. The number of hydrogen-bond donors (Lipinski definition) is 1. The summed E-state index contributed by atoms with van der Waals surface area (Å²) in [5, 5.41) is 2.88. The van der Waals surface area contributed by atoms with Crippen molar-refractivity contribution in [1.82, 2.24) is 0 Å². The van der Waals surface area contributed by atoms with Crippen LogP contribution in [0.1, 0.15) is 24.2 Å². The van der Waals surface area contributed by atoms with E-state index in [1.807, 2.05) is 54.6 Å². The van der Waals surface area contributed by atoms with Crippen LogP contribution in [0.3, 0.4) is 0 Å². The summed E-state index contributed by atoms with van der Waals surface area (Å²) < 4.78 is 5.30. The second kappa shape index (κ2) is 6.87. The van der Waals surface area contributed by atoms with E-state index in [0.29, 0.717) is 0 Å². The molecule has 0 fully saturated rings. The number of carbonyl (C=O) groups excluding carboxylic acids is 1. The van der Waals surface area contributed by atoms with Crippen molar-refractivity contribution in [3.8, 4) is 0 Å². The fraction of sp³-hybridized carbons (Fsp3) is 0.235. The Morgan fingerprint density at radius 2 is 1.75 bits per heavy atom. The number of aryl methyl sites for hydroxylation is 1. The van der Waals surface area contributed by atoms with Crippen molar-refractivity contribution in [1.29, 1.82) is 0 Å². The summed E-state index contributed by atoms with van der Waals surface area (Å²) in [5.41, 5.74) is 2.87. The van der Waals surface area contributed by atoms with Crippen LogP contribution in [0.15, 0.2) is 54.6 Å². The Morgan fingerprint density at radius 3 is 2.30 bits per heavy atom. The van der Waals surface area contributed by atoms with Crippen molar-refractivity contribution in [3.63, 3.8) is 0 Å². The maximum atomic E-state index is 12.3. The lowest BCUT2D eigenvalue weighted by Crippen LogP contribution is -2.22. The van der Waals surface area contributed by atoms with E-state index in [1.165, 1.54) is 12.7 Å². The quantitative estimate of drug-likeness (QED) is 0.901. The Kier molecular flexibility index (Phi) is 4.91. The number of rotatable bonds is 5. The van der Waals surface area contributed by atoms with Gasteiger partial charge in [0, 0.05) is 12.8 Å². The van der Waals surface area contributed by atoms with Crippen LogP contribution < -0.4 is 5.32 Å². The summed E-state index contributed by atoms with van der Waals surface area (Å²) in [6, 6.07) is 17.3. The van der Waals surface area contributed by atoms with Crippen molar-refractivity contribution < 1.29 is 9.53 Å². The van der Waals surface area contributed by atoms with E-state index in [9.17, 15) is 4.79 Å². The number of methoxy groups -OCH3 is 1. The number of benzene rings is 2. The monoisotopic (exact) mass is 269 g/mol. The lowest BCUT2D eigenvalue weighted by molar-refractivity contribution is -0.126. The van der Waals surface area contributed by atoms with Crippen LogP contribution in [0.4, 0.5) is 5.69 Å². The zero-order chi connectivity index (χ0) is 14.4. The second-order valence-corrected chi connectivity index (χ2v) is 4.57. The van der Waals surface area contributed by atoms with Crippen LogP contribution in [-0.2, 0) is 16.0 Å². The second-order valence-electron chi connectivity index (χ2n) is 4.57. The molecule has 2 rings (SSSR count). The highest BCUT2D eigenvalue weighted by molar-refractivity contribution is 5.94. The normalized spacial score (nSPS) is 11.9. The number of anilines is 1.